The van der Waals surface area contributed by atoms with Gasteiger partial charge in [0, 0.05) is 23.6 Å². The van der Waals surface area contributed by atoms with Gasteiger partial charge in [-0.25, -0.2) is 13.1 Å². The zero-order valence-electron chi connectivity index (χ0n) is 12.7. The van der Waals surface area contributed by atoms with Crippen LogP contribution in [-0.4, -0.2) is 13.6 Å². The van der Waals surface area contributed by atoms with Gasteiger partial charge in [0.05, 0.1) is 5.69 Å². The minimum absolute atomic E-state index is 0.259. The Hall–Kier alpha value is -1.96. The van der Waals surface area contributed by atoms with Crippen molar-refractivity contribution < 1.29 is 12.9 Å². The van der Waals surface area contributed by atoms with Crippen molar-refractivity contribution >= 4 is 21.4 Å². The molecule has 0 unspecified atom stereocenters. The Bertz CT molecular complexity index is 926. The van der Waals surface area contributed by atoms with Crippen molar-refractivity contribution in [1.29, 1.82) is 0 Å². The van der Waals surface area contributed by atoms with Crippen molar-refractivity contribution in [2.75, 3.05) is 0 Å². The highest BCUT2D eigenvalue weighted by atomic mass is 32.2. The van der Waals surface area contributed by atoms with E-state index < -0.39 is 10.0 Å². The number of aromatic nitrogens is 1. The molecule has 0 fully saturated rings. The van der Waals surface area contributed by atoms with Gasteiger partial charge in [0.25, 0.3) is 0 Å². The molecule has 3 rings (SSSR count). The van der Waals surface area contributed by atoms with E-state index in [0.717, 1.165) is 28.2 Å². The number of sulfonamides is 1. The van der Waals surface area contributed by atoms with Gasteiger partial charge >= 0.3 is 0 Å². The molecule has 120 valence electrons. The first-order valence-electron chi connectivity index (χ1n) is 7.02. The molecule has 0 aliphatic carbocycles. The highest BCUT2D eigenvalue weighted by molar-refractivity contribution is 7.91. The number of nitrogens with zero attached hydrogens (tertiary/aromatic N) is 1. The Morgan fingerprint density at radius 1 is 1.22 bits per heavy atom. The molecule has 7 heteroatoms. The molecular formula is C16H16N2O3S2. The molecule has 23 heavy (non-hydrogen) atoms. The summed E-state index contributed by atoms with van der Waals surface area (Å²) in [4.78, 5) is 0. The first-order valence-corrected chi connectivity index (χ1v) is 9.38. The van der Waals surface area contributed by atoms with Crippen LogP contribution in [0.2, 0.25) is 0 Å². The van der Waals surface area contributed by atoms with Gasteiger partial charge in [-0.05, 0) is 31.0 Å². The standard InChI is InChI=1S/C16H16N2O3S2/c1-11-5-3-4-6-13(11)9-17-23(19,20)16-8-14(10-22-16)15-7-12(2)18-21-15/h3-8,10,17H,9H2,1-2H3. The Morgan fingerprint density at radius 3 is 2.70 bits per heavy atom. The molecule has 0 aliphatic rings. The number of hydrogen-bond donors (Lipinski definition) is 1. The molecule has 0 bridgehead atoms. The van der Waals surface area contributed by atoms with Gasteiger partial charge < -0.3 is 4.52 Å². The van der Waals surface area contributed by atoms with E-state index in [1.807, 2.05) is 38.1 Å². The van der Waals surface area contributed by atoms with Gasteiger partial charge in [0.15, 0.2) is 5.76 Å². The second-order valence-corrected chi connectivity index (χ2v) is 8.14. The number of benzene rings is 1. The summed E-state index contributed by atoms with van der Waals surface area (Å²) < 4.78 is 32.9. The fourth-order valence-electron chi connectivity index (χ4n) is 2.14. The lowest BCUT2D eigenvalue weighted by molar-refractivity contribution is 0.427. The number of aryl methyl sites for hydroxylation is 2. The van der Waals surface area contributed by atoms with Crippen molar-refractivity contribution in [3.63, 3.8) is 0 Å². The largest absolute Gasteiger partial charge is 0.356 e. The van der Waals surface area contributed by atoms with Crippen molar-refractivity contribution in [1.82, 2.24) is 9.88 Å². The maximum Gasteiger partial charge on any atom is 0.250 e. The monoisotopic (exact) mass is 348 g/mol. The molecule has 0 amide bonds. The highest BCUT2D eigenvalue weighted by Gasteiger charge is 2.18. The molecule has 1 aromatic carbocycles. The van der Waals surface area contributed by atoms with Crippen LogP contribution in [0.25, 0.3) is 11.3 Å². The smallest absolute Gasteiger partial charge is 0.250 e. The SMILES string of the molecule is Cc1cc(-c2csc(S(=O)(=O)NCc3ccccc3C)c2)on1. The van der Waals surface area contributed by atoms with E-state index in [1.54, 1.807) is 17.5 Å². The van der Waals surface area contributed by atoms with Crippen LogP contribution < -0.4 is 4.72 Å². The van der Waals surface area contributed by atoms with E-state index in [4.69, 9.17) is 4.52 Å². The zero-order chi connectivity index (χ0) is 16.4. The Kier molecular flexibility index (Phi) is 4.34. The molecule has 0 spiro atoms. The maximum absolute atomic E-state index is 12.4. The minimum Gasteiger partial charge on any atom is -0.356 e. The Morgan fingerprint density at radius 2 is 2.00 bits per heavy atom. The second kappa shape index (κ2) is 6.27. The molecule has 0 atom stereocenters. The molecular weight excluding hydrogens is 332 g/mol. The topological polar surface area (TPSA) is 72.2 Å². The van der Waals surface area contributed by atoms with Crippen LogP contribution in [0.3, 0.4) is 0 Å². The van der Waals surface area contributed by atoms with E-state index >= 15 is 0 Å². The van der Waals surface area contributed by atoms with Crippen molar-refractivity contribution in [2.45, 2.75) is 24.6 Å². The average molecular weight is 348 g/mol. The molecule has 0 saturated heterocycles. The zero-order valence-corrected chi connectivity index (χ0v) is 14.4. The van der Waals surface area contributed by atoms with Gasteiger partial charge in [-0.15, -0.1) is 11.3 Å². The fraction of sp³-hybridized carbons (Fsp3) is 0.188. The van der Waals surface area contributed by atoms with Gasteiger partial charge in [-0.2, -0.15) is 0 Å². The number of nitrogens with one attached hydrogen (secondary N) is 1. The van der Waals surface area contributed by atoms with Crippen molar-refractivity contribution in [3.8, 4) is 11.3 Å². The van der Waals surface area contributed by atoms with Crippen LogP contribution in [0, 0.1) is 13.8 Å². The summed E-state index contributed by atoms with van der Waals surface area (Å²) in [7, 11) is -3.55. The van der Waals surface area contributed by atoms with Gasteiger partial charge in [-0.1, -0.05) is 29.4 Å². The minimum atomic E-state index is -3.55. The summed E-state index contributed by atoms with van der Waals surface area (Å²) >= 11 is 1.16. The van der Waals surface area contributed by atoms with E-state index in [1.165, 1.54) is 0 Å². The maximum atomic E-state index is 12.4. The van der Waals surface area contributed by atoms with E-state index in [0.29, 0.717) is 11.3 Å². The molecule has 0 radical (unpaired) electrons. The van der Waals surface area contributed by atoms with Crippen molar-refractivity contribution in [2.24, 2.45) is 0 Å². The van der Waals surface area contributed by atoms with Crippen LogP contribution in [0.4, 0.5) is 0 Å². The molecule has 0 saturated carbocycles. The number of rotatable bonds is 5. The highest BCUT2D eigenvalue weighted by Crippen LogP contribution is 2.29. The molecule has 1 N–H and O–H groups in total. The molecule has 0 aliphatic heterocycles. The predicted molar refractivity (Wildman–Crippen MR) is 89.8 cm³/mol. The van der Waals surface area contributed by atoms with Crippen LogP contribution in [0.1, 0.15) is 16.8 Å². The van der Waals surface area contributed by atoms with Gasteiger partial charge in [-0.3, -0.25) is 0 Å². The van der Waals surface area contributed by atoms with E-state index in [-0.39, 0.29) is 10.8 Å². The first-order chi connectivity index (χ1) is 11.0. The predicted octanol–water partition coefficient (Wildman–Crippen LogP) is 3.50. The molecule has 3 aromatic rings. The Labute approximate surface area is 139 Å². The van der Waals surface area contributed by atoms with Gasteiger partial charge in [0.1, 0.15) is 4.21 Å². The first kappa shape index (κ1) is 15.9. The number of thiophene rings is 1. The third kappa shape index (κ3) is 3.52. The lowest BCUT2D eigenvalue weighted by atomic mass is 10.1. The summed E-state index contributed by atoms with van der Waals surface area (Å²) in [6, 6.07) is 11.1. The fourth-order valence-corrected chi connectivity index (χ4v) is 4.36. The van der Waals surface area contributed by atoms with Crippen LogP contribution in [-0.2, 0) is 16.6 Å². The summed E-state index contributed by atoms with van der Waals surface area (Å²) in [5.74, 6) is 0.569. The lowest BCUT2D eigenvalue weighted by Crippen LogP contribution is -2.22. The summed E-state index contributed by atoms with van der Waals surface area (Å²) in [5, 5.41) is 5.57. The van der Waals surface area contributed by atoms with E-state index in [9.17, 15) is 8.42 Å². The molecule has 5 nitrogen and oxygen atoms in total. The quantitative estimate of drug-likeness (QED) is 0.766. The normalized spacial score (nSPS) is 11.7. The second-order valence-electron chi connectivity index (χ2n) is 5.24. The molecule has 2 aromatic heterocycles. The van der Waals surface area contributed by atoms with Crippen LogP contribution in [0.15, 0.2) is 50.5 Å². The third-order valence-corrected chi connectivity index (χ3v) is 6.31. The summed E-state index contributed by atoms with van der Waals surface area (Å²) in [5.41, 5.74) is 3.48. The Balaban J connectivity index is 1.78. The third-order valence-electron chi connectivity index (χ3n) is 3.47. The van der Waals surface area contributed by atoms with Crippen LogP contribution >= 0.6 is 11.3 Å². The van der Waals surface area contributed by atoms with Crippen LogP contribution in [0.5, 0.6) is 0 Å². The lowest BCUT2D eigenvalue weighted by Gasteiger charge is -2.07. The summed E-state index contributed by atoms with van der Waals surface area (Å²) in [6.07, 6.45) is 0. The average Bonchev–Trinajstić information content (AvgIpc) is 3.15. The number of hydrogen-bond acceptors (Lipinski definition) is 5. The van der Waals surface area contributed by atoms with E-state index in [2.05, 4.69) is 9.88 Å². The summed E-state index contributed by atoms with van der Waals surface area (Å²) in [6.45, 7) is 4.05. The van der Waals surface area contributed by atoms with Crippen molar-refractivity contribution in [3.05, 3.63) is 58.6 Å². The van der Waals surface area contributed by atoms with Gasteiger partial charge in [0.2, 0.25) is 10.0 Å². The molecule has 2 heterocycles.